The van der Waals surface area contributed by atoms with Crippen LogP contribution in [0, 0.1) is 5.92 Å². The van der Waals surface area contributed by atoms with Gasteiger partial charge in [-0.1, -0.05) is 6.92 Å². The fourth-order valence-corrected chi connectivity index (χ4v) is 2.83. The molecule has 1 rings (SSSR count). The second kappa shape index (κ2) is 6.49. The number of carbonyl (C=O) groups is 1. The van der Waals surface area contributed by atoms with Crippen molar-refractivity contribution in [3.05, 3.63) is 0 Å². The molecule has 1 saturated heterocycles. The molecule has 106 valence electrons. The highest BCUT2D eigenvalue weighted by atomic mass is 32.2. The number of aliphatic hydroxyl groups excluding tert-OH is 1. The molecule has 0 aromatic carbocycles. The molecule has 0 spiro atoms. The molecule has 1 fully saturated rings. The third-order valence-corrected chi connectivity index (χ3v) is 4.58. The van der Waals surface area contributed by atoms with Crippen LogP contribution in [-0.4, -0.2) is 55.7 Å². The summed E-state index contributed by atoms with van der Waals surface area (Å²) in [5, 5.41) is 12.1. The van der Waals surface area contributed by atoms with Crippen LogP contribution in [0.2, 0.25) is 0 Å². The summed E-state index contributed by atoms with van der Waals surface area (Å²) in [4.78, 5) is 11.8. The summed E-state index contributed by atoms with van der Waals surface area (Å²) in [6.45, 7) is 2.91. The SMILES string of the molecule is CCC(O)CNC(=O)C1CCN(S(C)(=O)=O)CC1. The quantitative estimate of drug-likeness (QED) is 0.713. The molecule has 6 nitrogen and oxygen atoms in total. The van der Waals surface area contributed by atoms with Crippen LogP contribution in [0.4, 0.5) is 0 Å². The van der Waals surface area contributed by atoms with Gasteiger partial charge in [0.25, 0.3) is 0 Å². The average Bonchev–Trinajstić information content (AvgIpc) is 2.34. The van der Waals surface area contributed by atoms with Crippen molar-refractivity contribution >= 4 is 15.9 Å². The maximum Gasteiger partial charge on any atom is 0.223 e. The fourth-order valence-electron chi connectivity index (χ4n) is 1.96. The Balaban J connectivity index is 2.36. The molecule has 1 heterocycles. The first-order chi connectivity index (χ1) is 8.34. The van der Waals surface area contributed by atoms with E-state index in [1.54, 1.807) is 0 Å². The molecule has 1 amide bonds. The van der Waals surface area contributed by atoms with Crippen LogP contribution >= 0.6 is 0 Å². The van der Waals surface area contributed by atoms with Crippen LogP contribution in [0.3, 0.4) is 0 Å². The highest BCUT2D eigenvalue weighted by molar-refractivity contribution is 7.88. The van der Waals surface area contributed by atoms with E-state index in [1.165, 1.54) is 10.6 Å². The lowest BCUT2D eigenvalue weighted by Gasteiger charge is -2.29. The number of hydrogen-bond donors (Lipinski definition) is 2. The molecule has 1 atom stereocenters. The minimum atomic E-state index is -3.14. The Morgan fingerprint density at radius 2 is 2.00 bits per heavy atom. The van der Waals surface area contributed by atoms with Crippen LogP contribution < -0.4 is 5.32 Å². The minimum absolute atomic E-state index is 0.0874. The Hall–Kier alpha value is -0.660. The first kappa shape index (κ1) is 15.4. The summed E-state index contributed by atoms with van der Waals surface area (Å²) < 4.78 is 24.0. The third-order valence-electron chi connectivity index (χ3n) is 3.28. The van der Waals surface area contributed by atoms with Gasteiger partial charge >= 0.3 is 0 Å². The normalized spacial score (nSPS) is 20.6. The van der Waals surface area contributed by atoms with E-state index in [4.69, 9.17) is 0 Å². The molecule has 0 aromatic rings. The van der Waals surface area contributed by atoms with Crippen molar-refractivity contribution in [2.24, 2.45) is 5.92 Å². The van der Waals surface area contributed by atoms with Gasteiger partial charge in [-0.05, 0) is 19.3 Å². The Kier molecular flexibility index (Phi) is 5.55. The van der Waals surface area contributed by atoms with Gasteiger partial charge < -0.3 is 10.4 Å². The second-order valence-electron chi connectivity index (χ2n) is 4.74. The summed E-state index contributed by atoms with van der Waals surface area (Å²) in [7, 11) is -3.14. The summed E-state index contributed by atoms with van der Waals surface area (Å²) in [5.74, 6) is -0.234. The molecule has 1 unspecified atom stereocenters. The molecule has 0 aliphatic carbocycles. The number of piperidine rings is 1. The number of nitrogens with one attached hydrogen (secondary N) is 1. The van der Waals surface area contributed by atoms with Crippen LogP contribution in [0.5, 0.6) is 0 Å². The molecule has 0 radical (unpaired) electrons. The Labute approximate surface area is 108 Å². The van der Waals surface area contributed by atoms with E-state index >= 15 is 0 Å². The molecule has 0 saturated carbocycles. The first-order valence-corrected chi connectivity index (χ1v) is 8.10. The number of nitrogens with zero attached hydrogens (tertiary/aromatic N) is 1. The van der Waals surface area contributed by atoms with Crippen molar-refractivity contribution in [3.8, 4) is 0 Å². The maximum atomic E-state index is 11.8. The lowest BCUT2D eigenvalue weighted by Crippen LogP contribution is -2.43. The molecule has 0 aromatic heterocycles. The Morgan fingerprint density at radius 1 is 1.44 bits per heavy atom. The van der Waals surface area contributed by atoms with Gasteiger partial charge in [-0.2, -0.15) is 0 Å². The Bertz CT molecular complexity index is 375. The van der Waals surface area contributed by atoms with Gasteiger partial charge in [-0.3, -0.25) is 4.79 Å². The number of aliphatic hydroxyl groups is 1. The van der Waals surface area contributed by atoms with Crippen LogP contribution in [0.1, 0.15) is 26.2 Å². The van der Waals surface area contributed by atoms with Gasteiger partial charge in [0.2, 0.25) is 15.9 Å². The number of hydrogen-bond acceptors (Lipinski definition) is 4. The van der Waals surface area contributed by atoms with E-state index < -0.39 is 16.1 Å². The molecule has 1 aliphatic heterocycles. The zero-order valence-electron chi connectivity index (χ0n) is 10.9. The van der Waals surface area contributed by atoms with Gasteiger partial charge in [0.05, 0.1) is 12.4 Å². The van der Waals surface area contributed by atoms with Crippen molar-refractivity contribution in [2.45, 2.75) is 32.3 Å². The first-order valence-electron chi connectivity index (χ1n) is 6.25. The topological polar surface area (TPSA) is 86.7 Å². The standard InChI is InChI=1S/C11H22N2O4S/c1-3-10(14)8-12-11(15)9-4-6-13(7-5-9)18(2,16)17/h9-10,14H,3-8H2,1-2H3,(H,12,15). The van der Waals surface area contributed by atoms with Crippen molar-refractivity contribution < 1.29 is 18.3 Å². The summed E-state index contributed by atoms with van der Waals surface area (Å²) in [6, 6.07) is 0. The van der Waals surface area contributed by atoms with Gasteiger partial charge in [-0.25, -0.2) is 12.7 Å². The van der Waals surface area contributed by atoms with Gasteiger partial charge in [0.15, 0.2) is 0 Å². The van der Waals surface area contributed by atoms with Crippen molar-refractivity contribution in [1.82, 2.24) is 9.62 Å². The highest BCUT2D eigenvalue weighted by Gasteiger charge is 2.28. The van der Waals surface area contributed by atoms with Crippen LogP contribution in [-0.2, 0) is 14.8 Å². The third kappa shape index (κ3) is 4.55. The van der Waals surface area contributed by atoms with E-state index in [1.807, 2.05) is 6.92 Å². The van der Waals surface area contributed by atoms with Crippen LogP contribution in [0.15, 0.2) is 0 Å². The smallest absolute Gasteiger partial charge is 0.223 e. The van der Waals surface area contributed by atoms with E-state index in [0.717, 1.165) is 0 Å². The minimum Gasteiger partial charge on any atom is -0.391 e. The summed E-state index contributed by atoms with van der Waals surface area (Å²) >= 11 is 0. The molecule has 18 heavy (non-hydrogen) atoms. The maximum absolute atomic E-state index is 11.8. The molecule has 7 heteroatoms. The predicted molar refractivity (Wildman–Crippen MR) is 68.4 cm³/mol. The zero-order chi connectivity index (χ0) is 13.8. The van der Waals surface area contributed by atoms with E-state index in [0.29, 0.717) is 32.4 Å². The molecular formula is C11H22N2O4S. The lowest BCUT2D eigenvalue weighted by atomic mass is 9.97. The lowest BCUT2D eigenvalue weighted by molar-refractivity contribution is -0.126. The Morgan fingerprint density at radius 3 is 2.44 bits per heavy atom. The van der Waals surface area contributed by atoms with Gasteiger partial charge in [0, 0.05) is 25.6 Å². The van der Waals surface area contributed by atoms with Gasteiger partial charge in [0.1, 0.15) is 0 Å². The molecular weight excluding hydrogens is 256 g/mol. The summed E-state index contributed by atoms with van der Waals surface area (Å²) in [6.07, 6.45) is 2.37. The number of amides is 1. The number of sulfonamides is 1. The van der Waals surface area contributed by atoms with E-state index in [-0.39, 0.29) is 18.4 Å². The summed E-state index contributed by atoms with van der Waals surface area (Å²) in [5.41, 5.74) is 0. The van der Waals surface area contributed by atoms with Crippen molar-refractivity contribution in [3.63, 3.8) is 0 Å². The molecule has 1 aliphatic rings. The zero-order valence-corrected chi connectivity index (χ0v) is 11.7. The highest BCUT2D eigenvalue weighted by Crippen LogP contribution is 2.19. The molecule has 0 bridgehead atoms. The monoisotopic (exact) mass is 278 g/mol. The molecule has 2 N–H and O–H groups in total. The van der Waals surface area contributed by atoms with E-state index in [9.17, 15) is 18.3 Å². The second-order valence-corrected chi connectivity index (χ2v) is 6.73. The van der Waals surface area contributed by atoms with Crippen LogP contribution in [0.25, 0.3) is 0 Å². The van der Waals surface area contributed by atoms with E-state index in [2.05, 4.69) is 5.32 Å². The largest absolute Gasteiger partial charge is 0.391 e. The number of carbonyl (C=O) groups excluding carboxylic acids is 1. The predicted octanol–water partition coefficient (Wildman–Crippen LogP) is -0.455. The average molecular weight is 278 g/mol. The van der Waals surface area contributed by atoms with Crippen molar-refractivity contribution in [2.75, 3.05) is 25.9 Å². The number of rotatable bonds is 5. The van der Waals surface area contributed by atoms with Gasteiger partial charge in [-0.15, -0.1) is 0 Å². The van der Waals surface area contributed by atoms with Crippen molar-refractivity contribution in [1.29, 1.82) is 0 Å². The fraction of sp³-hybridized carbons (Fsp3) is 0.909.